The minimum Gasteiger partial charge on any atom is -0.330 e. The summed E-state index contributed by atoms with van der Waals surface area (Å²) in [6, 6.07) is 8.01. The van der Waals surface area contributed by atoms with Crippen molar-refractivity contribution in [3.8, 4) is 5.69 Å². The Hall–Kier alpha value is -1.32. The second kappa shape index (κ2) is 4.68. The van der Waals surface area contributed by atoms with E-state index in [1.165, 1.54) is 0 Å². The topological polar surface area (TPSA) is 43.8 Å². The summed E-state index contributed by atoms with van der Waals surface area (Å²) in [5.41, 5.74) is 8.66. The second-order valence-electron chi connectivity index (χ2n) is 3.70. The van der Waals surface area contributed by atoms with Gasteiger partial charge in [0.15, 0.2) is 0 Å². The van der Waals surface area contributed by atoms with Gasteiger partial charge in [0.25, 0.3) is 0 Å². The van der Waals surface area contributed by atoms with Crippen LogP contribution in [0.15, 0.2) is 30.5 Å². The van der Waals surface area contributed by atoms with E-state index in [1.54, 1.807) is 10.9 Å². The Balaban J connectivity index is 2.45. The standard InChI is InChI=1S/C12H14ClN3/c1-9-4-2-3-5-11(9)16-12(13)10(6-7-14)8-15-16/h2-5,8H,6-7,14H2,1H3. The molecular weight excluding hydrogens is 222 g/mol. The zero-order valence-electron chi connectivity index (χ0n) is 9.15. The molecule has 0 atom stereocenters. The van der Waals surface area contributed by atoms with Crippen molar-refractivity contribution in [2.75, 3.05) is 6.54 Å². The number of nitrogens with zero attached hydrogens (tertiary/aromatic N) is 2. The lowest BCUT2D eigenvalue weighted by Gasteiger charge is -2.06. The van der Waals surface area contributed by atoms with E-state index in [-0.39, 0.29) is 0 Å². The van der Waals surface area contributed by atoms with Gasteiger partial charge in [-0.3, -0.25) is 0 Å². The van der Waals surface area contributed by atoms with E-state index >= 15 is 0 Å². The number of rotatable bonds is 3. The van der Waals surface area contributed by atoms with Crippen LogP contribution >= 0.6 is 11.6 Å². The quantitative estimate of drug-likeness (QED) is 0.888. The van der Waals surface area contributed by atoms with Crippen LogP contribution < -0.4 is 5.73 Å². The summed E-state index contributed by atoms with van der Waals surface area (Å²) >= 11 is 6.25. The SMILES string of the molecule is Cc1ccccc1-n1ncc(CCN)c1Cl. The average Bonchev–Trinajstić information content (AvgIpc) is 2.62. The van der Waals surface area contributed by atoms with Crippen LogP contribution in [0, 0.1) is 6.92 Å². The summed E-state index contributed by atoms with van der Waals surface area (Å²) in [7, 11) is 0. The van der Waals surface area contributed by atoms with E-state index in [0.717, 1.165) is 23.2 Å². The molecule has 3 nitrogen and oxygen atoms in total. The molecule has 2 rings (SSSR count). The number of hydrogen-bond acceptors (Lipinski definition) is 2. The summed E-state index contributed by atoms with van der Waals surface area (Å²) in [6.07, 6.45) is 2.53. The molecule has 0 fully saturated rings. The Morgan fingerprint density at radius 1 is 1.38 bits per heavy atom. The van der Waals surface area contributed by atoms with Gasteiger partial charge in [0.1, 0.15) is 5.15 Å². The number of halogens is 1. The third kappa shape index (κ3) is 1.96. The molecule has 0 aliphatic carbocycles. The molecular formula is C12H14ClN3. The summed E-state index contributed by atoms with van der Waals surface area (Å²) in [6.45, 7) is 2.62. The molecule has 0 saturated carbocycles. The van der Waals surface area contributed by atoms with Crippen molar-refractivity contribution in [2.45, 2.75) is 13.3 Å². The first-order valence-electron chi connectivity index (χ1n) is 5.22. The van der Waals surface area contributed by atoms with Crippen LogP contribution in [0.5, 0.6) is 0 Å². The fourth-order valence-electron chi connectivity index (χ4n) is 1.66. The number of benzene rings is 1. The molecule has 0 aliphatic rings. The van der Waals surface area contributed by atoms with Crippen LogP contribution in [-0.2, 0) is 6.42 Å². The van der Waals surface area contributed by atoms with Gasteiger partial charge in [-0.25, -0.2) is 4.68 Å². The number of nitrogens with two attached hydrogens (primary N) is 1. The first-order valence-corrected chi connectivity index (χ1v) is 5.60. The normalized spacial score (nSPS) is 10.7. The van der Waals surface area contributed by atoms with Crippen LogP contribution in [0.25, 0.3) is 5.69 Å². The third-order valence-electron chi connectivity index (χ3n) is 2.54. The lowest BCUT2D eigenvalue weighted by molar-refractivity contribution is 0.872. The molecule has 0 radical (unpaired) electrons. The minimum absolute atomic E-state index is 0.583. The maximum atomic E-state index is 6.25. The molecule has 0 unspecified atom stereocenters. The van der Waals surface area contributed by atoms with Crippen molar-refractivity contribution in [2.24, 2.45) is 5.73 Å². The lowest BCUT2D eigenvalue weighted by Crippen LogP contribution is -2.03. The maximum absolute atomic E-state index is 6.25. The predicted octanol–water partition coefficient (Wildman–Crippen LogP) is 2.34. The molecule has 1 heterocycles. The maximum Gasteiger partial charge on any atom is 0.136 e. The average molecular weight is 236 g/mol. The smallest absolute Gasteiger partial charge is 0.136 e. The molecule has 0 bridgehead atoms. The summed E-state index contributed by atoms with van der Waals surface area (Å²) < 4.78 is 1.75. The number of aromatic nitrogens is 2. The van der Waals surface area contributed by atoms with Gasteiger partial charge in [0.05, 0.1) is 11.9 Å². The van der Waals surface area contributed by atoms with Gasteiger partial charge in [0.2, 0.25) is 0 Å². The van der Waals surface area contributed by atoms with Crippen molar-refractivity contribution < 1.29 is 0 Å². The van der Waals surface area contributed by atoms with Crippen LogP contribution in [0.4, 0.5) is 0 Å². The number of para-hydroxylation sites is 1. The van der Waals surface area contributed by atoms with E-state index in [2.05, 4.69) is 5.10 Å². The van der Waals surface area contributed by atoms with E-state index in [9.17, 15) is 0 Å². The van der Waals surface area contributed by atoms with Gasteiger partial charge >= 0.3 is 0 Å². The van der Waals surface area contributed by atoms with E-state index in [1.807, 2.05) is 31.2 Å². The minimum atomic E-state index is 0.583. The van der Waals surface area contributed by atoms with Crippen molar-refractivity contribution in [1.82, 2.24) is 9.78 Å². The molecule has 0 saturated heterocycles. The van der Waals surface area contributed by atoms with Gasteiger partial charge in [-0.05, 0) is 31.5 Å². The lowest BCUT2D eigenvalue weighted by atomic mass is 10.2. The molecule has 4 heteroatoms. The van der Waals surface area contributed by atoms with Gasteiger partial charge < -0.3 is 5.73 Å². The van der Waals surface area contributed by atoms with Gasteiger partial charge in [0, 0.05) is 5.56 Å². The molecule has 1 aromatic carbocycles. The van der Waals surface area contributed by atoms with Gasteiger partial charge in [-0.15, -0.1) is 0 Å². The predicted molar refractivity (Wildman–Crippen MR) is 66.1 cm³/mol. The summed E-state index contributed by atoms with van der Waals surface area (Å²) in [5.74, 6) is 0. The molecule has 2 aromatic rings. The largest absolute Gasteiger partial charge is 0.330 e. The Bertz CT molecular complexity index is 491. The fraction of sp³-hybridized carbons (Fsp3) is 0.250. The van der Waals surface area contributed by atoms with Crippen molar-refractivity contribution in [3.63, 3.8) is 0 Å². The molecule has 16 heavy (non-hydrogen) atoms. The van der Waals surface area contributed by atoms with Crippen molar-refractivity contribution in [1.29, 1.82) is 0 Å². The van der Waals surface area contributed by atoms with Crippen LogP contribution in [0.2, 0.25) is 5.15 Å². The molecule has 0 spiro atoms. The van der Waals surface area contributed by atoms with Crippen molar-refractivity contribution in [3.05, 3.63) is 46.7 Å². The summed E-state index contributed by atoms with van der Waals surface area (Å²) in [4.78, 5) is 0. The zero-order chi connectivity index (χ0) is 11.5. The van der Waals surface area contributed by atoms with Crippen LogP contribution in [0.3, 0.4) is 0 Å². The Morgan fingerprint density at radius 3 is 2.81 bits per heavy atom. The van der Waals surface area contributed by atoms with Crippen molar-refractivity contribution >= 4 is 11.6 Å². The van der Waals surface area contributed by atoms with E-state index < -0.39 is 0 Å². The first kappa shape index (κ1) is 11.2. The highest BCUT2D eigenvalue weighted by molar-refractivity contribution is 6.30. The fourth-order valence-corrected chi connectivity index (χ4v) is 1.94. The van der Waals surface area contributed by atoms with Crippen LogP contribution in [0.1, 0.15) is 11.1 Å². The molecule has 84 valence electrons. The third-order valence-corrected chi connectivity index (χ3v) is 2.94. The monoisotopic (exact) mass is 235 g/mol. The first-order chi connectivity index (χ1) is 7.74. The Kier molecular flexibility index (Phi) is 3.27. The van der Waals surface area contributed by atoms with E-state index in [4.69, 9.17) is 17.3 Å². The van der Waals surface area contributed by atoms with Gasteiger partial charge in [-0.2, -0.15) is 5.10 Å². The Labute approximate surface area is 99.8 Å². The number of hydrogen-bond donors (Lipinski definition) is 1. The molecule has 2 N–H and O–H groups in total. The number of aryl methyl sites for hydroxylation is 1. The highest BCUT2D eigenvalue weighted by Gasteiger charge is 2.10. The molecule has 1 aromatic heterocycles. The summed E-state index contributed by atoms with van der Waals surface area (Å²) in [5, 5.41) is 4.95. The highest BCUT2D eigenvalue weighted by atomic mass is 35.5. The molecule has 0 aliphatic heterocycles. The van der Waals surface area contributed by atoms with Crippen LogP contribution in [-0.4, -0.2) is 16.3 Å². The van der Waals surface area contributed by atoms with E-state index in [0.29, 0.717) is 11.7 Å². The zero-order valence-corrected chi connectivity index (χ0v) is 9.91. The molecule has 0 amide bonds. The second-order valence-corrected chi connectivity index (χ2v) is 4.06. The van der Waals surface area contributed by atoms with Gasteiger partial charge in [-0.1, -0.05) is 29.8 Å². The Morgan fingerprint density at radius 2 is 2.12 bits per heavy atom. The highest BCUT2D eigenvalue weighted by Crippen LogP contribution is 2.22.